The largest absolute Gasteiger partial charge is 0.395 e. The van der Waals surface area contributed by atoms with E-state index in [4.69, 9.17) is 0 Å². The summed E-state index contributed by atoms with van der Waals surface area (Å²) in [5, 5.41) is 9.36. The van der Waals surface area contributed by atoms with Crippen LogP contribution in [0.4, 0.5) is 0 Å². The molecule has 0 aromatic heterocycles. The van der Waals surface area contributed by atoms with E-state index >= 15 is 0 Å². The molecule has 2 aliphatic heterocycles. The molecule has 6 heteroatoms. The Morgan fingerprint density at radius 2 is 1.94 bits per heavy atom. The van der Waals surface area contributed by atoms with Crippen molar-refractivity contribution in [3.63, 3.8) is 0 Å². The summed E-state index contributed by atoms with van der Waals surface area (Å²) in [4.78, 5) is 0. The molecule has 2 heterocycles. The molecule has 0 saturated carbocycles. The summed E-state index contributed by atoms with van der Waals surface area (Å²) in [6, 6.07) is -0.155. The lowest BCUT2D eigenvalue weighted by molar-refractivity contribution is 0.147. The first-order valence-corrected chi connectivity index (χ1v) is 8.26. The van der Waals surface area contributed by atoms with Gasteiger partial charge >= 0.3 is 0 Å². The van der Waals surface area contributed by atoms with Crippen molar-refractivity contribution in [3.8, 4) is 0 Å². The summed E-state index contributed by atoms with van der Waals surface area (Å²) in [7, 11) is -3.40. The standard InChI is InChI=1S/C12H24N2O3S/c1-10-7-11(2)14(8-10)18(16,17)13-6-4-3-5-12(13)9-15/h10-12,15H,3-9H2,1-2H3. The average Bonchev–Trinajstić information content (AvgIpc) is 2.69. The van der Waals surface area contributed by atoms with Gasteiger partial charge in [0.05, 0.1) is 6.61 Å². The van der Waals surface area contributed by atoms with Crippen LogP contribution in [0.25, 0.3) is 0 Å². The highest BCUT2D eigenvalue weighted by atomic mass is 32.2. The van der Waals surface area contributed by atoms with Gasteiger partial charge in [0.1, 0.15) is 0 Å². The lowest BCUT2D eigenvalue weighted by Gasteiger charge is -2.37. The fourth-order valence-corrected chi connectivity index (χ4v) is 5.34. The van der Waals surface area contributed by atoms with E-state index in [2.05, 4.69) is 6.92 Å². The van der Waals surface area contributed by atoms with E-state index in [0.29, 0.717) is 19.0 Å². The van der Waals surface area contributed by atoms with Crippen LogP contribution in [0.3, 0.4) is 0 Å². The van der Waals surface area contributed by atoms with Crippen LogP contribution in [0.2, 0.25) is 0 Å². The molecule has 2 rings (SSSR count). The highest BCUT2D eigenvalue weighted by Crippen LogP contribution is 2.30. The minimum absolute atomic E-state index is 0.0724. The van der Waals surface area contributed by atoms with E-state index in [-0.39, 0.29) is 18.7 Å². The molecule has 0 aromatic rings. The van der Waals surface area contributed by atoms with E-state index < -0.39 is 10.2 Å². The third kappa shape index (κ3) is 2.57. The molecule has 2 fully saturated rings. The van der Waals surface area contributed by atoms with Gasteiger partial charge in [0.25, 0.3) is 10.2 Å². The van der Waals surface area contributed by atoms with Crippen LogP contribution in [-0.2, 0) is 10.2 Å². The van der Waals surface area contributed by atoms with Crippen LogP contribution in [0.1, 0.15) is 39.5 Å². The summed E-state index contributed by atoms with van der Waals surface area (Å²) < 4.78 is 28.4. The Morgan fingerprint density at radius 3 is 2.50 bits per heavy atom. The van der Waals surface area contributed by atoms with Gasteiger partial charge in [0.15, 0.2) is 0 Å². The van der Waals surface area contributed by atoms with Crippen molar-refractivity contribution < 1.29 is 13.5 Å². The molecule has 0 radical (unpaired) electrons. The highest BCUT2D eigenvalue weighted by Gasteiger charge is 2.41. The fourth-order valence-electron chi connectivity index (χ4n) is 3.18. The third-order valence-corrected chi connectivity index (χ3v) is 6.28. The maximum atomic E-state index is 12.7. The van der Waals surface area contributed by atoms with Crippen LogP contribution in [-0.4, -0.2) is 53.9 Å². The van der Waals surface area contributed by atoms with Gasteiger partial charge < -0.3 is 5.11 Å². The molecule has 18 heavy (non-hydrogen) atoms. The Balaban J connectivity index is 2.19. The zero-order chi connectivity index (χ0) is 13.3. The monoisotopic (exact) mass is 276 g/mol. The van der Waals surface area contributed by atoms with E-state index in [1.807, 2.05) is 6.92 Å². The second-order valence-electron chi connectivity index (χ2n) is 5.71. The molecule has 3 atom stereocenters. The molecular weight excluding hydrogens is 252 g/mol. The molecule has 0 bridgehead atoms. The van der Waals surface area contributed by atoms with E-state index in [1.54, 1.807) is 4.31 Å². The predicted molar refractivity (Wildman–Crippen MR) is 70.3 cm³/mol. The van der Waals surface area contributed by atoms with Gasteiger partial charge in [-0.05, 0) is 32.1 Å². The minimum Gasteiger partial charge on any atom is -0.395 e. The van der Waals surface area contributed by atoms with Gasteiger partial charge in [-0.3, -0.25) is 0 Å². The first kappa shape index (κ1) is 14.2. The number of hydrogen-bond acceptors (Lipinski definition) is 3. The van der Waals surface area contributed by atoms with Gasteiger partial charge in [-0.15, -0.1) is 0 Å². The smallest absolute Gasteiger partial charge is 0.282 e. The predicted octanol–water partition coefficient (Wildman–Crippen LogP) is 0.808. The number of aliphatic hydroxyl groups is 1. The summed E-state index contributed by atoms with van der Waals surface area (Å²) in [5.74, 6) is 0.423. The Hall–Kier alpha value is -0.170. The first-order chi connectivity index (χ1) is 8.46. The van der Waals surface area contributed by atoms with Crippen molar-refractivity contribution in [1.82, 2.24) is 8.61 Å². The van der Waals surface area contributed by atoms with Crippen LogP contribution in [0, 0.1) is 5.92 Å². The Labute approximate surface area is 110 Å². The molecule has 2 aliphatic rings. The number of hydrogen-bond donors (Lipinski definition) is 1. The van der Waals surface area contributed by atoms with Crippen LogP contribution in [0.5, 0.6) is 0 Å². The Bertz CT molecular complexity index is 385. The number of piperidine rings is 1. The van der Waals surface area contributed by atoms with Gasteiger partial charge in [-0.2, -0.15) is 17.0 Å². The van der Waals surface area contributed by atoms with Crippen molar-refractivity contribution >= 4 is 10.2 Å². The molecule has 0 aromatic carbocycles. The minimum atomic E-state index is -3.40. The zero-order valence-electron chi connectivity index (χ0n) is 11.2. The second-order valence-corrected chi connectivity index (χ2v) is 7.54. The van der Waals surface area contributed by atoms with Crippen molar-refractivity contribution in [3.05, 3.63) is 0 Å². The maximum absolute atomic E-state index is 12.7. The van der Waals surface area contributed by atoms with Gasteiger partial charge in [0.2, 0.25) is 0 Å². The highest BCUT2D eigenvalue weighted by molar-refractivity contribution is 7.86. The maximum Gasteiger partial charge on any atom is 0.282 e. The molecule has 2 saturated heterocycles. The Morgan fingerprint density at radius 1 is 1.22 bits per heavy atom. The van der Waals surface area contributed by atoms with E-state index in [9.17, 15) is 13.5 Å². The van der Waals surface area contributed by atoms with E-state index in [0.717, 1.165) is 25.7 Å². The number of rotatable bonds is 3. The van der Waals surface area contributed by atoms with Crippen LogP contribution >= 0.6 is 0 Å². The lowest BCUT2D eigenvalue weighted by atomic mass is 10.1. The zero-order valence-corrected chi connectivity index (χ0v) is 12.1. The van der Waals surface area contributed by atoms with E-state index in [1.165, 1.54) is 4.31 Å². The van der Waals surface area contributed by atoms with Crippen LogP contribution < -0.4 is 0 Å². The normalized spacial score (nSPS) is 36.1. The summed E-state index contributed by atoms with van der Waals surface area (Å²) in [5.41, 5.74) is 0. The number of nitrogens with zero attached hydrogens (tertiary/aromatic N) is 2. The van der Waals surface area contributed by atoms with Crippen molar-refractivity contribution in [2.24, 2.45) is 5.92 Å². The lowest BCUT2D eigenvalue weighted by Crippen LogP contribution is -2.52. The van der Waals surface area contributed by atoms with Crippen LogP contribution in [0.15, 0.2) is 0 Å². The molecule has 0 aliphatic carbocycles. The van der Waals surface area contributed by atoms with Gasteiger partial charge in [-0.25, -0.2) is 0 Å². The fraction of sp³-hybridized carbons (Fsp3) is 1.00. The average molecular weight is 276 g/mol. The van der Waals surface area contributed by atoms with Crippen molar-refractivity contribution in [2.75, 3.05) is 19.7 Å². The SMILES string of the molecule is CC1CC(C)N(S(=O)(=O)N2CCCCC2CO)C1. The first-order valence-electron chi connectivity index (χ1n) is 6.86. The number of aliphatic hydroxyl groups excluding tert-OH is 1. The summed E-state index contributed by atoms with van der Waals surface area (Å²) in [6.07, 6.45) is 3.60. The molecule has 1 N–H and O–H groups in total. The molecule has 5 nitrogen and oxygen atoms in total. The Kier molecular flexibility index (Phi) is 4.31. The molecular formula is C12H24N2O3S. The summed E-state index contributed by atoms with van der Waals surface area (Å²) >= 11 is 0. The third-order valence-electron chi connectivity index (χ3n) is 4.10. The summed E-state index contributed by atoms with van der Waals surface area (Å²) in [6.45, 7) is 5.14. The second kappa shape index (κ2) is 5.45. The molecule has 0 spiro atoms. The topological polar surface area (TPSA) is 60.9 Å². The van der Waals surface area contributed by atoms with Gasteiger partial charge in [0, 0.05) is 25.2 Å². The quantitative estimate of drug-likeness (QED) is 0.830. The molecule has 106 valence electrons. The molecule has 3 unspecified atom stereocenters. The van der Waals surface area contributed by atoms with Crippen molar-refractivity contribution in [1.29, 1.82) is 0 Å². The van der Waals surface area contributed by atoms with Gasteiger partial charge in [-0.1, -0.05) is 13.3 Å². The van der Waals surface area contributed by atoms with Crippen molar-refractivity contribution in [2.45, 2.75) is 51.6 Å². The molecule has 0 amide bonds.